The van der Waals surface area contributed by atoms with Crippen LogP contribution in [0, 0.1) is 11.3 Å². The molecule has 0 aromatic heterocycles. The summed E-state index contributed by atoms with van der Waals surface area (Å²) in [5, 5.41) is 9.22. The molecule has 0 spiro atoms. The minimum Gasteiger partial charge on any atom is -0.487 e. The highest BCUT2D eigenvalue weighted by Gasteiger charge is 2.21. The second-order valence-electron chi connectivity index (χ2n) is 4.05. The lowest BCUT2D eigenvalue weighted by molar-refractivity contribution is 0.208. The zero-order chi connectivity index (χ0) is 11.5. The Morgan fingerprint density at radius 1 is 1.56 bits per heavy atom. The largest absolute Gasteiger partial charge is 0.487 e. The van der Waals surface area contributed by atoms with Gasteiger partial charge in [0.1, 0.15) is 11.9 Å². The molecule has 0 bridgehead atoms. The number of halogens is 1. The van der Waals surface area contributed by atoms with E-state index in [9.17, 15) is 0 Å². The van der Waals surface area contributed by atoms with E-state index in [-0.39, 0.29) is 6.10 Å². The summed E-state index contributed by atoms with van der Waals surface area (Å²) in [5.41, 5.74) is 0.556. The quantitative estimate of drug-likeness (QED) is 0.791. The molecule has 1 aromatic rings. The average Bonchev–Trinajstić information content (AvgIpc) is 2.67. The number of rotatable bonds is 2. The van der Waals surface area contributed by atoms with Gasteiger partial charge in [-0.25, -0.2) is 0 Å². The van der Waals surface area contributed by atoms with Gasteiger partial charge in [-0.1, -0.05) is 11.6 Å². The fourth-order valence-electron chi connectivity index (χ4n) is 1.84. The van der Waals surface area contributed by atoms with Gasteiger partial charge in [0.2, 0.25) is 0 Å². The first-order valence-corrected chi connectivity index (χ1v) is 5.61. The molecule has 3 nitrogen and oxygen atoms in total. The smallest absolute Gasteiger partial charge is 0.138 e. The molecule has 1 fully saturated rings. The second-order valence-corrected chi connectivity index (χ2v) is 4.45. The van der Waals surface area contributed by atoms with Gasteiger partial charge in [-0.3, -0.25) is 0 Å². The van der Waals surface area contributed by atoms with Crippen molar-refractivity contribution < 1.29 is 4.74 Å². The summed E-state index contributed by atoms with van der Waals surface area (Å²) >= 11 is 6.03. The molecule has 1 saturated heterocycles. The molecule has 0 saturated carbocycles. The number of ether oxygens (including phenoxy) is 1. The van der Waals surface area contributed by atoms with Crippen LogP contribution in [-0.4, -0.2) is 31.1 Å². The zero-order valence-corrected chi connectivity index (χ0v) is 9.87. The lowest BCUT2D eigenvalue weighted by atomic mass is 10.2. The van der Waals surface area contributed by atoms with E-state index in [1.165, 1.54) is 0 Å². The first-order valence-electron chi connectivity index (χ1n) is 5.24. The van der Waals surface area contributed by atoms with Crippen molar-refractivity contribution in [2.24, 2.45) is 0 Å². The molecule has 2 rings (SSSR count). The van der Waals surface area contributed by atoms with Gasteiger partial charge in [-0.05, 0) is 31.7 Å². The van der Waals surface area contributed by atoms with Crippen molar-refractivity contribution >= 4 is 11.6 Å². The normalized spacial score (nSPS) is 20.7. The third-order valence-corrected chi connectivity index (χ3v) is 3.00. The molecule has 1 aromatic carbocycles. The van der Waals surface area contributed by atoms with Crippen LogP contribution in [-0.2, 0) is 0 Å². The number of hydrogen-bond acceptors (Lipinski definition) is 3. The molecule has 84 valence electrons. The van der Waals surface area contributed by atoms with Crippen LogP contribution in [0.25, 0.3) is 0 Å². The van der Waals surface area contributed by atoms with Crippen molar-refractivity contribution in [1.82, 2.24) is 4.90 Å². The maximum atomic E-state index is 8.72. The van der Waals surface area contributed by atoms with Crippen LogP contribution in [0.2, 0.25) is 5.02 Å². The van der Waals surface area contributed by atoms with Crippen molar-refractivity contribution in [2.75, 3.05) is 20.1 Å². The summed E-state index contributed by atoms with van der Waals surface area (Å²) in [6.07, 6.45) is 1.22. The van der Waals surface area contributed by atoms with Gasteiger partial charge in [0, 0.05) is 13.1 Å². The number of likely N-dealkylation sites (N-methyl/N-ethyl adjacent to an activating group) is 1. The summed E-state index contributed by atoms with van der Waals surface area (Å²) in [6, 6.07) is 7.17. The van der Waals surface area contributed by atoms with E-state index in [2.05, 4.69) is 11.9 Å². The third kappa shape index (κ3) is 2.46. The van der Waals surface area contributed by atoms with E-state index in [0.717, 1.165) is 19.5 Å². The highest BCUT2D eigenvalue weighted by Crippen LogP contribution is 2.27. The Morgan fingerprint density at radius 3 is 2.94 bits per heavy atom. The number of benzene rings is 1. The highest BCUT2D eigenvalue weighted by atomic mass is 35.5. The molecule has 0 amide bonds. The van der Waals surface area contributed by atoms with Crippen molar-refractivity contribution in [3.63, 3.8) is 0 Å². The molecule has 16 heavy (non-hydrogen) atoms. The van der Waals surface area contributed by atoms with E-state index in [4.69, 9.17) is 21.6 Å². The summed E-state index contributed by atoms with van der Waals surface area (Å²) in [5.74, 6) is 0.668. The Labute approximate surface area is 100 Å². The lowest BCUT2D eigenvalue weighted by Gasteiger charge is -2.14. The van der Waals surface area contributed by atoms with Gasteiger partial charge in [0.25, 0.3) is 0 Å². The molecule has 4 heteroatoms. The molecule has 1 atom stereocenters. The molecule has 1 aliphatic rings. The number of hydrogen-bond donors (Lipinski definition) is 0. The predicted octanol–water partition coefficient (Wildman–Crippen LogP) is 2.29. The Morgan fingerprint density at radius 2 is 2.38 bits per heavy atom. The van der Waals surface area contributed by atoms with Crippen LogP contribution in [0.1, 0.15) is 12.0 Å². The van der Waals surface area contributed by atoms with Crippen LogP contribution in [0.4, 0.5) is 0 Å². The number of nitriles is 1. The summed E-state index contributed by atoms with van der Waals surface area (Å²) in [7, 11) is 2.07. The molecular weight excluding hydrogens is 224 g/mol. The second kappa shape index (κ2) is 4.73. The molecule has 0 N–H and O–H groups in total. The molecule has 1 heterocycles. The summed E-state index contributed by atoms with van der Waals surface area (Å²) in [6.45, 7) is 1.98. The fourth-order valence-corrected chi connectivity index (χ4v) is 2.06. The summed E-state index contributed by atoms with van der Waals surface area (Å²) in [4.78, 5) is 2.22. The van der Waals surface area contributed by atoms with E-state index >= 15 is 0 Å². The Bertz CT molecular complexity index is 428. The van der Waals surface area contributed by atoms with Crippen molar-refractivity contribution in [3.05, 3.63) is 28.8 Å². The molecule has 0 aliphatic carbocycles. The SMILES string of the molecule is CN1CCC(Oc2ccc(C#N)cc2Cl)C1. The van der Waals surface area contributed by atoms with Crippen LogP contribution in [0.5, 0.6) is 5.75 Å². The fraction of sp³-hybridized carbons (Fsp3) is 0.417. The van der Waals surface area contributed by atoms with Crippen LogP contribution >= 0.6 is 11.6 Å². The van der Waals surface area contributed by atoms with Gasteiger partial charge < -0.3 is 9.64 Å². The van der Waals surface area contributed by atoms with Gasteiger partial charge in [0.15, 0.2) is 0 Å². The zero-order valence-electron chi connectivity index (χ0n) is 9.11. The topological polar surface area (TPSA) is 36.3 Å². The van der Waals surface area contributed by atoms with Crippen molar-refractivity contribution in [3.8, 4) is 11.8 Å². The standard InChI is InChI=1S/C12H13ClN2O/c1-15-5-4-10(8-15)16-12-3-2-9(7-14)6-11(12)13/h2-3,6,10H,4-5,8H2,1H3. The van der Waals surface area contributed by atoms with E-state index in [0.29, 0.717) is 16.3 Å². The minimum atomic E-state index is 0.204. The molecule has 0 radical (unpaired) electrons. The van der Waals surface area contributed by atoms with Crippen LogP contribution < -0.4 is 4.74 Å². The number of likely N-dealkylation sites (tertiary alicyclic amines) is 1. The number of nitrogens with zero attached hydrogens (tertiary/aromatic N) is 2. The van der Waals surface area contributed by atoms with Crippen LogP contribution in [0.3, 0.4) is 0 Å². The van der Waals surface area contributed by atoms with E-state index in [1.807, 2.05) is 6.07 Å². The van der Waals surface area contributed by atoms with Gasteiger partial charge in [-0.15, -0.1) is 0 Å². The lowest BCUT2D eigenvalue weighted by Crippen LogP contribution is -2.21. The average molecular weight is 237 g/mol. The molecule has 1 unspecified atom stereocenters. The molecule has 1 aliphatic heterocycles. The predicted molar refractivity (Wildman–Crippen MR) is 62.7 cm³/mol. The van der Waals surface area contributed by atoms with Gasteiger partial charge in [-0.2, -0.15) is 5.26 Å². The first-order chi connectivity index (χ1) is 7.69. The molecular formula is C12H13ClN2O. The minimum absolute atomic E-state index is 0.204. The highest BCUT2D eigenvalue weighted by molar-refractivity contribution is 6.32. The summed E-state index contributed by atoms with van der Waals surface area (Å²) < 4.78 is 5.79. The van der Waals surface area contributed by atoms with Gasteiger partial charge in [0.05, 0.1) is 16.7 Å². The Hall–Kier alpha value is -1.24. The van der Waals surface area contributed by atoms with E-state index in [1.54, 1.807) is 18.2 Å². The Kier molecular flexibility index (Phi) is 3.33. The van der Waals surface area contributed by atoms with E-state index < -0.39 is 0 Å². The van der Waals surface area contributed by atoms with Crippen LogP contribution in [0.15, 0.2) is 18.2 Å². The first kappa shape index (κ1) is 11.3. The van der Waals surface area contributed by atoms with Crippen molar-refractivity contribution in [1.29, 1.82) is 5.26 Å². The van der Waals surface area contributed by atoms with Crippen molar-refractivity contribution in [2.45, 2.75) is 12.5 Å². The van der Waals surface area contributed by atoms with Gasteiger partial charge >= 0.3 is 0 Å². The maximum absolute atomic E-state index is 8.72. The maximum Gasteiger partial charge on any atom is 0.138 e. The Balaban J connectivity index is 2.08. The monoisotopic (exact) mass is 236 g/mol. The third-order valence-electron chi connectivity index (χ3n) is 2.70.